The minimum absolute atomic E-state index is 0.121. The van der Waals surface area contributed by atoms with Crippen molar-refractivity contribution in [3.05, 3.63) is 39.4 Å². The molecule has 1 atom stereocenters. The van der Waals surface area contributed by atoms with Crippen molar-refractivity contribution in [2.45, 2.75) is 51.5 Å². The fraction of sp³-hybridized carbons (Fsp3) is 0.529. The highest BCUT2D eigenvalue weighted by atomic mass is 16.6. The van der Waals surface area contributed by atoms with Crippen LogP contribution in [0.5, 0.6) is 0 Å². The van der Waals surface area contributed by atoms with Crippen LogP contribution in [0, 0.1) is 10.1 Å². The minimum atomic E-state index is -1.27. The Balaban J connectivity index is 2.46. The second-order valence-corrected chi connectivity index (χ2v) is 7.38. The van der Waals surface area contributed by atoms with E-state index in [1.165, 1.54) is 24.0 Å². The zero-order valence-electron chi connectivity index (χ0n) is 14.3. The van der Waals surface area contributed by atoms with E-state index in [0.29, 0.717) is 24.9 Å². The predicted molar refractivity (Wildman–Crippen MR) is 88.1 cm³/mol. The number of rotatable bonds is 3. The van der Waals surface area contributed by atoms with E-state index in [0.717, 1.165) is 0 Å². The van der Waals surface area contributed by atoms with Crippen LogP contribution in [0.1, 0.15) is 56.5 Å². The van der Waals surface area contributed by atoms with Crippen molar-refractivity contribution in [1.82, 2.24) is 4.90 Å². The van der Waals surface area contributed by atoms with Crippen LogP contribution in [-0.4, -0.2) is 38.9 Å². The van der Waals surface area contributed by atoms with Crippen molar-refractivity contribution < 1.29 is 19.6 Å². The van der Waals surface area contributed by atoms with Crippen LogP contribution in [0.3, 0.4) is 0 Å². The molecule has 0 aliphatic carbocycles. The van der Waals surface area contributed by atoms with Gasteiger partial charge in [0.05, 0.1) is 4.92 Å². The first kappa shape index (κ1) is 17.9. The minimum Gasteiger partial charge on any atom is -0.480 e. The molecule has 24 heavy (non-hydrogen) atoms. The SMILES string of the molecule is CC(C)(C)c1ccc(C(=O)N2CCCC2(C)C(=O)O)cc1[N+](=O)[O-]. The van der Waals surface area contributed by atoms with E-state index < -0.39 is 27.8 Å². The summed E-state index contributed by atoms with van der Waals surface area (Å²) in [6.07, 6.45) is 0.965. The monoisotopic (exact) mass is 334 g/mol. The third kappa shape index (κ3) is 2.98. The Bertz CT molecular complexity index is 707. The van der Waals surface area contributed by atoms with Gasteiger partial charge >= 0.3 is 5.97 Å². The Morgan fingerprint density at radius 3 is 2.46 bits per heavy atom. The molecule has 1 fully saturated rings. The molecule has 0 bridgehead atoms. The summed E-state index contributed by atoms with van der Waals surface area (Å²) in [5.41, 5.74) is -1.15. The number of carbonyl (C=O) groups is 2. The average molecular weight is 334 g/mol. The average Bonchev–Trinajstić information content (AvgIpc) is 2.88. The molecular formula is C17H22N2O5. The summed E-state index contributed by atoms with van der Waals surface area (Å²) in [5.74, 6) is -1.55. The van der Waals surface area contributed by atoms with Gasteiger partial charge in [-0.15, -0.1) is 0 Å². The first-order chi connectivity index (χ1) is 11.0. The Morgan fingerprint density at radius 1 is 1.33 bits per heavy atom. The molecule has 1 N–H and O–H groups in total. The molecule has 1 aromatic carbocycles. The number of carboxylic acids is 1. The van der Waals surface area contributed by atoms with Crippen LogP contribution in [-0.2, 0) is 10.2 Å². The maximum atomic E-state index is 12.7. The number of likely N-dealkylation sites (tertiary alicyclic amines) is 1. The second kappa shape index (κ2) is 5.89. The molecule has 1 heterocycles. The molecule has 7 heteroatoms. The zero-order valence-corrected chi connectivity index (χ0v) is 14.3. The number of hydrogen-bond donors (Lipinski definition) is 1. The van der Waals surface area contributed by atoms with E-state index >= 15 is 0 Å². The Labute approximate surface area is 140 Å². The van der Waals surface area contributed by atoms with Crippen LogP contribution in [0.4, 0.5) is 5.69 Å². The lowest BCUT2D eigenvalue weighted by molar-refractivity contribution is -0.386. The molecule has 1 aliphatic rings. The molecule has 0 saturated carbocycles. The second-order valence-electron chi connectivity index (χ2n) is 7.38. The largest absolute Gasteiger partial charge is 0.480 e. The molecule has 1 unspecified atom stereocenters. The van der Waals surface area contributed by atoms with E-state index in [9.17, 15) is 24.8 Å². The highest BCUT2D eigenvalue weighted by Crippen LogP contribution is 2.34. The Morgan fingerprint density at radius 2 is 1.96 bits per heavy atom. The number of nitrogens with zero attached hydrogens (tertiary/aromatic N) is 2. The third-order valence-corrected chi connectivity index (χ3v) is 4.60. The standard InChI is InChI=1S/C17H22N2O5/c1-16(2,3)12-7-6-11(10-13(12)19(23)24)14(20)18-9-5-8-17(18,4)15(21)22/h6-7,10H,5,8-9H2,1-4H3,(H,21,22). The molecule has 1 amide bonds. The molecule has 7 nitrogen and oxygen atoms in total. The fourth-order valence-electron chi connectivity index (χ4n) is 3.12. The summed E-state index contributed by atoms with van der Waals surface area (Å²) >= 11 is 0. The Kier molecular flexibility index (Phi) is 4.39. The number of hydrogen-bond acceptors (Lipinski definition) is 4. The van der Waals surface area contributed by atoms with E-state index in [-0.39, 0.29) is 11.3 Å². The van der Waals surface area contributed by atoms with Crippen LogP contribution in [0.15, 0.2) is 18.2 Å². The van der Waals surface area contributed by atoms with Gasteiger partial charge in [0.1, 0.15) is 5.54 Å². The lowest BCUT2D eigenvalue weighted by atomic mass is 9.85. The first-order valence-corrected chi connectivity index (χ1v) is 7.83. The van der Waals surface area contributed by atoms with Gasteiger partial charge in [-0.2, -0.15) is 0 Å². The third-order valence-electron chi connectivity index (χ3n) is 4.60. The van der Waals surface area contributed by atoms with Gasteiger partial charge < -0.3 is 10.0 Å². The van der Waals surface area contributed by atoms with Gasteiger partial charge in [0.2, 0.25) is 0 Å². The Hall–Kier alpha value is -2.44. The molecule has 0 spiro atoms. The lowest BCUT2D eigenvalue weighted by Crippen LogP contribution is -2.50. The predicted octanol–water partition coefficient (Wildman–Crippen LogP) is 2.97. The summed E-state index contributed by atoms with van der Waals surface area (Å²) in [6, 6.07) is 4.37. The molecule has 130 valence electrons. The summed E-state index contributed by atoms with van der Waals surface area (Å²) in [7, 11) is 0. The fourth-order valence-corrected chi connectivity index (χ4v) is 3.12. The van der Waals surface area contributed by atoms with Crippen molar-refractivity contribution in [2.75, 3.05) is 6.54 Å². The van der Waals surface area contributed by atoms with Gasteiger partial charge in [0.15, 0.2) is 0 Å². The summed E-state index contributed by atoms with van der Waals surface area (Å²) in [6.45, 7) is 7.42. The van der Waals surface area contributed by atoms with Gasteiger partial charge in [0.25, 0.3) is 11.6 Å². The highest BCUT2D eigenvalue weighted by molar-refractivity contribution is 5.98. The maximum Gasteiger partial charge on any atom is 0.329 e. The smallest absolute Gasteiger partial charge is 0.329 e. The van der Waals surface area contributed by atoms with Crippen molar-refractivity contribution in [3.8, 4) is 0 Å². The van der Waals surface area contributed by atoms with Crippen LogP contribution in [0.25, 0.3) is 0 Å². The first-order valence-electron chi connectivity index (χ1n) is 7.83. The van der Waals surface area contributed by atoms with Gasteiger partial charge in [0, 0.05) is 23.7 Å². The molecule has 1 saturated heterocycles. The van der Waals surface area contributed by atoms with Crippen LogP contribution >= 0.6 is 0 Å². The topological polar surface area (TPSA) is 101 Å². The lowest BCUT2D eigenvalue weighted by Gasteiger charge is -2.31. The molecule has 2 rings (SSSR count). The van der Waals surface area contributed by atoms with E-state index in [4.69, 9.17) is 0 Å². The summed E-state index contributed by atoms with van der Waals surface area (Å²) in [4.78, 5) is 36.5. The number of nitro groups is 1. The molecule has 1 aromatic rings. The highest BCUT2D eigenvalue weighted by Gasteiger charge is 2.46. The number of amides is 1. The molecule has 0 aromatic heterocycles. The molecule has 1 aliphatic heterocycles. The van der Waals surface area contributed by atoms with Crippen molar-refractivity contribution >= 4 is 17.6 Å². The van der Waals surface area contributed by atoms with E-state index in [1.807, 2.05) is 20.8 Å². The van der Waals surface area contributed by atoms with E-state index in [1.54, 1.807) is 6.07 Å². The quantitative estimate of drug-likeness (QED) is 0.676. The van der Waals surface area contributed by atoms with Gasteiger partial charge in [-0.1, -0.05) is 26.8 Å². The zero-order chi connectivity index (χ0) is 18.3. The van der Waals surface area contributed by atoms with Gasteiger partial charge in [-0.3, -0.25) is 14.9 Å². The van der Waals surface area contributed by atoms with Crippen LogP contribution in [0.2, 0.25) is 0 Å². The molecule has 0 radical (unpaired) electrons. The maximum absolute atomic E-state index is 12.7. The van der Waals surface area contributed by atoms with Crippen molar-refractivity contribution in [3.63, 3.8) is 0 Å². The normalized spacial score (nSPS) is 20.9. The van der Waals surface area contributed by atoms with Gasteiger partial charge in [-0.05, 0) is 31.2 Å². The van der Waals surface area contributed by atoms with Crippen molar-refractivity contribution in [2.24, 2.45) is 0 Å². The van der Waals surface area contributed by atoms with Crippen molar-refractivity contribution in [1.29, 1.82) is 0 Å². The number of aliphatic carboxylic acids is 1. The van der Waals surface area contributed by atoms with Gasteiger partial charge in [-0.25, -0.2) is 4.79 Å². The van der Waals surface area contributed by atoms with E-state index in [2.05, 4.69) is 0 Å². The summed E-state index contributed by atoms with van der Waals surface area (Å²) in [5, 5.41) is 20.8. The van der Waals surface area contributed by atoms with Crippen LogP contribution < -0.4 is 0 Å². The summed E-state index contributed by atoms with van der Waals surface area (Å²) < 4.78 is 0. The number of nitro benzene ring substituents is 1. The number of carbonyl (C=O) groups excluding carboxylic acids is 1. The molecular weight excluding hydrogens is 312 g/mol. The number of benzene rings is 1. The number of carboxylic acid groups (broad SMARTS) is 1.